The van der Waals surface area contributed by atoms with E-state index in [9.17, 15) is 23.3 Å². The van der Waals surface area contributed by atoms with Crippen molar-refractivity contribution in [2.45, 2.75) is 11.7 Å². The summed E-state index contributed by atoms with van der Waals surface area (Å²) in [5, 5.41) is 14.8. The minimum absolute atomic E-state index is 0.0537. The Hall–Kier alpha value is -1.52. The number of nitrogens with zero attached hydrogens (tertiary/aromatic N) is 2. The van der Waals surface area contributed by atoms with Crippen LogP contribution in [0.5, 0.6) is 0 Å². The monoisotopic (exact) mass is 363 g/mol. The third-order valence-electron chi connectivity index (χ3n) is 2.99. The van der Waals surface area contributed by atoms with Gasteiger partial charge >= 0.3 is 0 Å². The van der Waals surface area contributed by atoms with Crippen molar-refractivity contribution in [1.82, 2.24) is 0 Å². The molecule has 8 nitrogen and oxygen atoms in total. The van der Waals surface area contributed by atoms with E-state index >= 15 is 0 Å². The summed E-state index contributed by atoms with van der Waals surface area (Å²) in [5.41, 5.74) is 0.252. The number of anilines is 1. The maximum Gasteiger partial charge on any atom is 0.283 e. The van der Waals surface area contributed by atoms with Gasteiger partial charge < -0.3 is 4.90 Å². The highest BCUT2D eigenvalue weighted by atomic mass is 79.9. The van der Waals surface area contributed by atoms with Crippen molar-refractivity contribution in [3.05, 3.63) is 32.8 Å². The normalized spacial score (nSPS) is 19.4. The van der Waals surface area contributed by atoms with Crippen molar-refractivity contribution in [3.63, 3.8) is 0 Å². The Balaban J connectivity index is 2.31. The molecule has 1 aromatic carbocycles. The van der Waals surface area contributed by atoms with Gasteiger partial charge in [0.1, 0.15) is 5.25 Å². The fourth-order valence-electron chi connectivity index (χ4n) is 1.96. The van der Waals surface area contributed by atoms with Gasteiger partial charge in [-0.05, 0) is 28.1 Å². The number of halogens is 1. The van der Waals surface area contributed by atoms with Crippen LogP contribution in [0.2, 0.25) is 0 Å². The molecular formula is C10H10BrN3O5S. The van der Waals surface area contributed by atoms with Crippen LogP contribution < -0.4 is 10.0 Å². The number of amides is 1. The van der Waals surface area contributed by atoms with Gasteiger partial charge in [-0.3, -0.25) is 14.9 Å². The second kappa shape index (κ2) is 5.11. The Morgan fingerprint density at radius 3 is 2.55 bits per heavy atom. The van der Waals surface area contributed by atoms with Gasteiger partial charge in [-0.15, -0.1) is 0 Å². The number of nitrogens with two attached hydrogens (primary N) is 1. The Kier molecular flexibility index (Phi) is 3.80. The van der Waals surface area contributed by atoms with E-state index in [1.807, 2.05) is 0 Å². The molecule has 10 heteroatoms. The highest BCUT2D eigenvalue weighted by Gasteiger charge is 2.37. The summed E-state index contributed by atoms with van der Waals surface area (Å²) < 4.78 is 22.7. The SMILES string of the molecule is NS(=O)(=O)C1CC(=O)N(c2ccc([N+](=O)[O-])c(Br)c2)C1. The van der Waals surface area contributed by atoms with Crippen molar-refractivity contribution >= 4 is 43.2 Å². The summed E-state index contributed by atoms with van der Waals surface area (Å²) in [6, 6.07) is 4.05. The predicted molar refractivity (Wildman–Crippen MR) is 74.7 cm³/mol. The lowest BCUT2D eigenvalue weighted by Crippen LogP contribution is -2.32. The van der Waals surface area contributed by atoms with Crippen molar-refractivity contribution in [2.75, 3.05) is 11.4 Å². The third-order valence-corrected chi connectivity index (χ3v) is 4.87. The molecule has 1 aromatic rings. The number of hydrogen-bond donors (Lipinski definition) is 1. The lowest BCUT2D eigenvalue weighted by Gasteiger charge is -2.16. The van der Waals surface area contributed by atoms with Crippen molar-refractivity contribution in [2.24, 2.45) is 5.14 Å². The van der Waals surface area contributed by atoms with Gasteiger partial charge in [0.2, 0.25) is 15.9 Å². The maximum absolute atomic E-state index is 11.8. The number of primary sulfonamides is 1. The third kappa shape index (κ3) is 2.81. The molecule has 20 heavy (non-hydrogen) atoms. The predicted octanol–water partition coefficient (Wildman–Crippen LogP) is 0.751. The first-order valence-electron chi connectivity index (χ1n) is 5.46. The van der Waals surface area contributed by atoms with Gasteiger partial charge in [-0.2, -0.15) is 0 Å². The zero-order chi connectivity index (χ0) is 15.1. The summed E-state index contributed by atoms with van der Waals surface area (Å²) in [5.74, 6) is -0.384. The van der Waals surface area contributed by atoms with Crippen LogP contribution in [0.15, 0.2) is 22.7 Å². The molecule has 0 saturated carbocycles. The molecule has 2 N–H and O–H groups in total. The lowest BCUT2D eigenvalue weighted by molar-refractivity contribution is -0.385. The second-order valence-corrected chi connectivity index (χ2v) is 7.01. The molecule has 1 amide bonds. The topological polar surface area (TPSA) is 124 Å². The van der Waals surface area contributed by atoms with Gasteiger partial charge in [0.15, 0.2) is 0 Å². The van der Waals surface area contributed by atoms with Crippen LogP contribution in [0.1, 0.15) is 6.42 Å². The van der Waals surface area contributed by atoms with E-state index in [0.717, 1.165) is 0 Å². The van der Waals surface area contributed by atoms with E-state index in [0.29, 0.717) is 5.69 Å². The van der Waals surface area contributed by atoms with E-state index in [1.165, 1.54) is 23.1 Å². The van der Waals surface area contributed by atoms with Crippen LogP contribution >= 0.6 is 15.9 Å². The number of rotatable bonds is 3. The van der Waals surface area contributed by atoms with Crippen LogP contribution in [0.25, 0.3) is 0 Å². The lowest BCUT2D eigenvalue weighted by atomic mass is 10.2. The molecular weight excluding hydrogens is 354 g/mol. The fraction of sp³-hybridized carbons (Fsp3) is 0.300. The molecule has 108 valence electrons. The van der Waals surface area contributed by atoms with Gasteiger partial charge in [0.25, 0.3) is 5.69 Å². The average Bonchev–Trinajstić information content (AvgIpc) is 2.70. The van der Waals surface area contributed by atoms with Crippen molar-refractivity contribution < 1.29 is 18.1 Å². The fourth-order valence-corrected chi connectivity index (χ4v) is 3.20. The summed E-state index contributed by atoms with van der Waals surface area (Å²) in [4.78, 5) is 23.2. The summed E-state index contributed by atoms with van der Waals surface area (Å²) in [6.45, 7) is -0.0537. The van der Waals surface area contributed by atoms with E-state index in [4.69, 9.17) is 5.14 Å². The van der Waals surface area contributed by atoms with Crippen LogP contribution in [0.4, 0.5) is 11.4 Å². The molecule has 1 fully saturated rings. The molecule has 1 aliphatic rings. The number of carbonyl (C=O) groups is 1. The number of sulfonamides is 1. The molecule has 1 unspecified atom stereocenters. The zero-order valence-electron chi connectivity index (χ0n) is 10.0. The Bertz CT molecular complexity index is 690. The highest BCUT2D eigenvalue weighted by Crippen LogP contribution is 2.32. The van der Waals surface area contributed by atoms with Crippen LogP contribution in [-0.2, 0) is 14.8 Å². The summed E-state index contributed by atoms with van der Waals surface area (Å²) in [6.07, 6.45) is -0.187. The first-order valence-corrected chi connectivity index (χ1v) is 7.86. The quantitative estimate of drug-likeness (QED) is 0.626. The van der Waals surface area contributed by atoms with Gasteiger partial charge in [-0.1, -0.05) is 0 Å². The standard InChI is InChI=1S/C10H10BrN3O5S/c11-8-3-6(1-2-9(8)14(16)17)13-5-7(4-10(13)15)20(12,18)19/h1-3,7H,4-5H2,(H2,12,18,19). The molecule has 0 spiro atoms. The Labute approximate surface area is 122 Å². The minimum atomic E-state index is -3.79. The molecule has 1 atom stereocenters. The minimum Gasteiger partial charge on any atom is -0.311 e. The molecule has 0 radical (unpaired) electrons. The summed E-state index contributed by atoms with van der Waals surface area (Å²) >= 11 is 3.05. The van der Waals surface area contributed by atoms with Gasteiger partial charge in [0, 0.05) is 24.7 Å². The smallest absolute Gasteiger partial charge is 0.283 e. The molecule has 1 saturated heterocycles. The molecule has 1 aliphatic heterocycles. The largest absolute Gasteiger partial charge is 0.311 e. The number of nitro groups is 1. The first kappa shape index (κ1) is 14.9. The Morgan fingerprint density at radius 1 is 1.45 bits per heavy atom. The number of nitro benzene ring substituents is 1. The average molecular weight is 364 g/mol. The Morgan fingerprint density at radius 2 is 2.10 bits per heavy atom. The van der Waals surface area contributed by atoms with Crippen molar-refractivity contribution in [3.8, 4) is 0 Å². The zero-order valence-corrected chi connectivity index (χ0v) is 12.4. The second-order valence-electron chi connectivity index (χ2n) is 4.31. The van der Waals surface area contributed by atoms with E-state index in [2.05, 4.69) is 15.9 Å². The highest BCUT2D eigenvalue weighted by molar-refractivity contribution is 9.10. The van der Waals surface area contributed by atoms with E-state index < -0.39 is 20.2 Å². The number of benzene rings is 1. The molecule has 0 aromatic heterocycles. The molecule has 0 aliphatic carbocycles. The van der Waals surface area contributed by atoms with E-state index in [-0.39, 0.29) is 29.0 Å². The maximum atomic E-state index is 11.8. The van der Waals surface area contributed by atoms with Crippen LogP contribution in [-0.4, -0.2) is 31.0 Å². The van der Waals surface area contributed by atoms with E-state index in [1.54, 1.807) is 0 Å². The van der Waals surface area contributed by atoms with Crippen molar-refractivity contribution in [1.29, 1.82) is 0 Å². The number of carbonyl (C=O) groups excluding carboxylic acids is 1. The van der Waals surface area contributed by atoms with Gasteiger partial charge in [-0.25, -0.2) is 13.6 Å². The number of hydrogen-bond acceptors (Lipinski definition) is 5. The van der Waals surface area contributed by atoms with Gasteiger partial charge in [0.05, 0.1) is 9.40 Å². The van der Waals surface area contributed by atoms with Crippen LogP contribution in [0.3, 0.4) is 0 Å². The molecule has 0 bridgehead atoms. The molecule has 2 rings (SSSR count). The molecule has 1 heterocycles. The first-order chi connectivity index (χ1) is 9.20. The van der Waals surface area contributed by atoms with Crippen LogP contribution in [0, 0.1) is 10.1 Å². The summed E-state index contributed by atoms with van der Waals surface area (Å²) in [7, 11) is -3.79.